The summed E-state index contributed by atoms with van der Waals surface area (Å²) in [6.45, 7) is 10.7. The van der Waals surface area contributed by atoms with Crippen LogP contribution in [0.3, 0.4) is 0 Å². The molecule has 2 aliphatic carbocycles. The minimum Gasteiger partial charge on any atom is -0.353 e. The van der Waals surface area contributed by atoms with Crippen LogP contribution in [0.15, 0.2) is 18.3 Å². The Balaban J connectivity index is 0.000000444. The number of carbonyl (C=O) groups is 1. The maximum Gasteiger partial charge on any atom is 0.252 e. The molecule has 5 heterocycles. The zero-order valence-electron chi connectivity index (χ0n) is 29.1. The van der Waals surface area contributed by atoms with E-state index in [1.165, 1.54) is 32.1 Å². The second-order valence-electron chi connectivity index (χ2n) is 14.5. The summed E-state index contributed by atoms with van der Waals surface area (Å²) in [6.07, 6.45) is 17.6. The third kappa shape index (κ3) is 8.06. The molecule has 2 aromatic heterocycles. The van der Waals surface area contributed by atoms with E-state index >= 15 is 0 Å². The summed E-state index contributed by atoms with van der Waals surface area (Å²) < 4.78 is 1.86. The predicted octanol–water partition coefficient (Wildman–Crippen LogP) is 4.47. The fourth-order valence-corrected chi connectivity index (χ4v) is 7.21. The average Bonchev–Trinajstić information content (AvgIpc) is 3.66. The smallest absolute Gasteiger partial charge is 0.252 e. The number of carbonyl (C=O) groups excluding carboxylic acids is 1. The van der Waals surface area contributed by atoms with Gasteiger partial charge in [0.25, 0.3) is 5.78 Å². The Hall–Kier alpha value is -2.56. The fourth-order valence-electron chi connectivity index (χ4n) is 7.21. The fraction of sp³-hybridized carbons (Fsp3) is 0.771. The van der Waals surface area contributed by atoms with Crippen LogP contribution < -0.4 is 15.5 Å². The molecule has 3 aliphatic heterocycles. The Labute approximate surface area is 271 Å². The summed E-state index contributed by atoms with van der Waals surface area (Å²) in [5.41, 5.74) is 2.23. The molecule has 2 saturated carbocycles. The van der Waals surface area contributed by atoms with Crippen molar-refractivity contribution in [3.8, 4) is 0 Å². The number of anilines is 1. The van der Waals surface area contributed by atoms with Gasteiger partial charge >= 0.3 is 0 Å². The number of rotatable bonds is 13. The van der Waals surface area contributed by atoms with E-state index in [0.717, 1.165) is 75.0 Å². The summed E-state index contributed by atoms with van der Waals surface area (Å²) >= 11 is 0. The Morgan fingerprint density at radius 2 is 1.93 bits per heavy atom. The number of amides is 1. The second-order valence-corrected chi connectivity index (χ2v) is 14.5. The number of piperazine rings is 1. The molecule has 3 saturated heterocycles. The molecule has 10 heteroatoms. The number of nitrogens with zero attached hydrogens (tertiary/aromatic N) is 7. The SMILES string of the molecule is CC/C=C/CN(C)C.CCC(C)CCCC(NC)c1cn2nc(CC3C(=O)NC4CC3C4)c(N3CCN(C)C4(CC4)C3)nc2n1. The van der Waals surface area contributed by atoms with E-state index < -0.39 is 0 Å². The second kappa shape index (κ2) is 14.9. The maximum absolute atomic E-state index is 12.8. The first-order valence-corrected chi connectivity index (χ1v) is 17.7. The molecule has 1 spiro atoms. The van der Waals surface area contributed by atoms with Crippen molar-refractivity contribution < 1.29 is 4.79 Å². The minimum absolute atomic E-state index is 0.00791. The zero-order chi connectivity index (χ0) is 32.1. The molecule has 250 valence electrons. The van der Waals surface area contributed by atoms with Crippen LogP contribution in [0.25, 0.3) is 5.78 Å². The van der Waals surface area contributed by atoms with E-state index in [1.807, 2.05) is 17.8 Å². The largest absolute Gasteiger partial charge is 0.353 e. The molecule has 10 nitrogen and oxygen atoms in total. The molecular weight excluding hydrogens is 562 g/mol. The van der Waals surface area contributed by atoms with E-state index in [1.54, 1.807) is 0 Å². The number of piperidine rings is 2. The number of likely N-dealkylation sites (N-methyl/N-ethyl adjacent to an activating group) is 2. The molecule has 2 N–H and O–H groups in total. The number of hydrogen-bond donors (Lipinski definition) is 2. The van der Waals surface area contributed by atoms with Crippen LogP contribution in [-0.4, -0.2) is 101 Å². The lowest BCUT2D eigenvalue weighted by Gasteiger charge is -2.46. The Morgan fingerprint density at radius 1 is 1.16 bits per heavy atom. The molecule has 3 atom stereocenters. The van der Waals surface area contributed by atoms with Crippen LogP contribution in [0.2, 0.25) is 0 Å². The number of nitrogens with one attached hydrogen (secondary N) is 2. The van der Waals surface area contributed by atoms with Gasteiger partial charge in [-0.15, -0.1) is 0 Å². The highest BCUT2D eigenvalue weighted by Crippen LogP contribution is 2.45. The van der Waals surface area contributed by atoms with Gasteiger partial charge in [-0.1, -0.05) is 52.2 Å². The number of hydrogen-bond acceptors (Lipinski definition) is 8. The van der Waals surface area contributed by atoms with Gasteiger partial charge in [-0.05, 0) is 78.6 Å². The van der Waals surface area contributed by atoms with Gasteiger partial charge in [-0.25, -0.2) is 9.50 Å². The van der Waals surface area contributed by atoms with Gasteiger partial charge in [0.15, 0.2) is 5.82 Å². The lowest BCUT2D eigenvalue weighted by atomic mass is 9.67. The number of aromatic nitrogens is 4. The van der Waals surface area contributed by atoms with Crippen molar-refractivity contribution in [3.63, 3.8) is 0 Å². The normalized spacial score (nSPS) is 25.3. The summed E-state index contributed by atoms with van der Waals surface area (Å²) in [5, 5.41) is 11.8. The van der Waals surface area contributed by atoms with Crippen molar-refractivity contribution in [1.29, 1.82) is 0 Å². The molecule has 2 bridgehead atoms. The maximum atomic E-state index is 12.8. The highest BCUT2D eigenvalue weighted by atomic mass is 16.2. The van der Waals surface area contributed by atoms with Crippen LogP contribution >= 0.6 is 0 Å². The molecular formula is C35H59N9O. The average molecular weight is 622 g/mol. The van der Waals surface area contributed by atoms with Crippen molar-refractivity contribution in [2.24, 2.45) is 17.8 Å². The topological polar surface area (TPSA) is 93.9 Å². The van der Waals surface area contributed by atoms with Gasteiger partial charge in [0, 0.05) is 50.1 Å². The molecule has 45 heavy (non-hydrogen) atoms. The predicted molar refractivity (Wildman–Crippen MR) is 183 cm³/mol. The first kappa shape index (κ1) is 33.8. The first-order chi connectivity index (χ1) is 21.7. The summed E-state index contributed by atoms with van der Waals surface area (Å²) in [7, 11) is 8.40. The quantitative estimate of drug-likeness (QED) is 0.317. The lowest BCUT2D eigenvalue weighted by Crippen LogP contribution is -2.58. The highest BCUT2D eigenvalue weighted by Gasteiger charge is 2.50. The molecule has 5 fully saturated rings. The van der Waals surface area contributed by atoms with Gasteiger partial charge in [0.1, 0.15) is 5.69 Å². The van der Waals surface area contributed by atoms with Gasteiger partial charge in [-0.3, -0.25) is 9.69 Å². The summed E-state index contributed by atoms with van der Waals surface area (Å²) in [5.74, 6) is 3.02. The van der Waals surface area contributed by atoms with Crippen molar-refractivity contribution in [2.75, 3.05) is 59.3 Å². The summed E-state index contributed by atoms with van der Waals surface area (Å²) in [4.78, 5) is 30.0. The van der Waals surface area contributed by atoms with Gasteiger partial charge in [-0.2, -0.15) is 10.1 Å². The number of imidazole rings is 1. The van der Waals surface area contributed by atoms with Gasteiger partial charge in [0.05, 0.1) is 17.9 Å². The molecule has 2 aromatic rings. The van der Waals surface area contributed by atoms with Crippen molar-refractivity contribution in [2.45, 2.75) is 103 Å². The van der Waals surface area contributed by atoms with Crippen LogP contribution in [0, 0.1) is 17.8 Å². The molecule has 5 aliphatic rings. The monoisotopic (exact) mass is 621 g/mol. The Bertz CT molecular complexity index is 1300. The Kier molecular flexibility index (Phi) is 11.2. The number of fused-ring (bicyclic) bond motifs is 3. The molecule has 0 aromatic carbocycles. The minimum atomic E-state index is -0.00791. The van der Waals surface area contributed by atoms with E-state index in [2.05, 4.69) is 79.4 Å². The van der Waals surface area contributed by atoms with Crippen molar-refractivity contribution in [3.05, 3.63) is 29.7 Å². The van der Waals surface area contributed by atoms with E-state index in [0.29, 0.717) is 24.2 Å². The van der Waals surface area contributed by atoms with Gasteiger partial charge in [0.2, 0.25) is 5.91 Å². The Morgan fingerprint density at radius 3 is 2.58 bits per heavy atom. The van der Waals surface area contributed by atoms with E-state index in [-0.39, 0.29) is 23.4 Å². The zero-order valence-corrected chi connectivity index (χ0v) is 29.1. The van der Waals surface area contributed by atoms with Crippen LogP contribution in [0.1, 0.15) is 96.0 Å². The summed E-state index contributed by atoms with van der Waals surface area (Å²) in [6, 6.07) is 0.581. The van der Waals surface area contributed by atoms with Crippen molar-refractivity contribution in [1.82, 2.24) is 40.0 Å². The molecule has 1 amide bonds. The third-order valence-electron chi connectivity index (χ3n) is 10.8. The van der Waals surface area contributed by atoms with Crippen LogP contribution in [0.4, 0.5) is 5.82 Å². The van der Waals surface area contributed by atoms with Gasteiger partial charge < -0.3 is 20.4 Å². The highest BCUT2D eigenvalue weighted by molar-refractivity contribution is 5.81. The van der Waals surface area contributed by atoms with E-state index in [4.69, 9.17) is 15.1 Å². The van der Waals surface area contributed by atoms with E-state index in [9.17, 15) is 4.79 Å². The van der Waals surface area contributed by atoms with Crippen LogP contribution in [-0.2, 0) is 11.2 Å². The lowest BCUT2D eigenvalue weighted by molar-refractivity contribution is -0.135. The first-order valence-electron chi connectivity index (χ1n) is 17.7. The van der Waals surface area contributed by atoms with Crippen LogP contribution in [0.5, 0.6) is 0 Å². The van der Waals surface area contributed by atoms with Crippen molar-refractivity contribution >= 4 is 17.5 Å². The third-order valence-corrected chi connectivity index (χ3v) is 10.8. The standard InChI is InChI=1S/C28H44N8O.C7H15N/c1-5-18(2)7-6-8-22(29-3)24-16-36-27(31-24)32-25(35-12-11-34(4)28(17-35)9-10-28)23(33-36)15-21-19-13-20(14-19)30-26(21)37;1-4-5-6-7-8(2)3/h16,18-22,29H,5-15,17H2,1-4H3,(H,30,37);5-6H,4,7H2,1-3H3/b;6-5+. The number of allylic oxidation sites excluding steroid dienone is 1. The molecule has 3 unspecified atom stereocenters. The molecule has 0 radical (unpaired) electrons. The molecule has 7 rings (SSSR count).